The van der Waals surface area contributed by atoms with Gasteiger partial charge in [-0.3, -0.25) is 19.2 Å². The lowest BCUT2D eigenvalue weighted by Crippen LogP contribution is -2.44. The lowest BCUT2D eigenvalue weighted by Gasteiger charge is -2.25. The van der Waals surface area contributed by atoms with Crippen LogP contribution in [0.15, 0.2) is 47.4 Å². The van der Waals surface area contributed by atoms with Gasteiger partial charge in [-0.25, -0.2) is 8.42 Å². The predicted molar refractivity (Wildman–Crippen MR) is 115 cm³/mol. The Labute approximate surface area is 181 Å². The number of nitro groups is 1. The molecule has 0 radical (unpaired) electrons. The van der Waals surface area contributed by atoms with Gasteiger partial charge < -0.3 is 14.8 Å². The molecular weight excluding hydrogens is 426 g/mol. The number of carbonyl (C=O) groups is 1. The number of nitrogens with zero attached hydrogens (tertiary/aromatic N) is 2. The van der Waals surface area contributed by atoms with Crippen molar-refractivity contribution in [3.8, 4) is 5.75 Å². The van der Waals surface area contributed by atoms with Crippen molar-refractivity contribution in [3.05, 3.63) is 58.1 Å². The fourth-order valence-electron chi connectivity index (χ4n) is 2.88. The SMILES string of the molecule is COC[C@@H](C)NC(=O)CN(c1ccc(OC)cc1)S(=O)(=O)c1ccc(C)c([N+](=O)[O-])c1. The minimum atomic E-state index is -4.29. The number of sulfonamides is 1. The second-order valence-electron chi connectivity index (χ2n) is 6.84. The van der Waals surface area contributed by atoms with E-state index in [0.717, 1.165) is 10.4 Å². The third-order valence-electron chi connectivity index (χ3n) is 4.44. The molecule has 0 fully saturated rings. The van der Waals surface area contributed by atoms with Crippen LogP contribution in [0.25, 0.3) is 0 Å². The number of nitro benzene ring substituents is 1. The van der Waals surface area contributed by atoms with Crippen molar-refractivity contribution < 1.29 is 27.6 Å². The Morgan fingerprint density at radius 2 is 1.84 bits per heavy atom. The van der Waals surface area contributed by atoms with Crippen molar-refractivity contribution in [2.45, 2.75) is 24.8 Å². The van der Waals surface area contributed by atoms with E-state index in [9.17, 15) is 23.3 Å². The van der Waals surface area contributed by atoms with Gasteiger partial charge in [-0.1, -0.05) is 6.07 Å². The largest absolute Gasteiger partial charge is 0.497 e. The number of amides is 1. The van der Waals surface area contributed by atoms with Crippen LogP contribution < -0.4 is 14.4 Å². The molecule has 0 unspecified atom stereocenters. The van der Waals surface area contributed by atoms with Crippen molar-refractivity contribution in [1.82, 2.24) is 5.32 Å². The highest BCUT2D eigenvalue weighted by Gasteiger charge is 2.29. The van der Waals surface area contributed by atoms with E-state index in [4.69, 9.17) is 9.47 Å². The molecule has 1 amide bonds. The fourth-order valence-corrected chi connectivity index (χ4v) is 4.32. The van der Waals surface area contributed by atoms with Gasteiger partial charge in [-0.15, -0.1) is 0 Å². The van der Waals surface area contributed by atoms with Crippen molar-refractivity contribution in [3.63, 3.8) is 0 Å². The molecule has 0 bridgehead atoms. The normalized spacial score (nSPS) is 12.1. The molecule has 2 aromatic carbocycles. The summed E-state index contributed by atoms with van der Waals surface area (Å²) in [7, 11) is -1.33. The molecule has 0 aromatic heterocycles. The van der Waals surface area contributed by atoms with Crippen LogP contribution in [0, 0.1) is 17.0 Å². The third kappa shape index (κ3) is 5.92. The summed E-state index contributed by atoms with van der Waals surface area (Å²) < 4.78 is 37.8. The number of nitrogens with one attached hydrogen (secondary N) is 1. The zero-order chi connectivity index (χ0) is 23.2. The highest BCUT2D eigenvalue weighted by molar-refractivity contribution is 7.92. The summed E-state index contributed by atoms with van der Waals surface area (Å²) in [5.74, 6) is -0.0456. The van der Waals surface area contributed by atoms with Crippen LogP contribution in [-0.2, 0) is 19.6 Å². The van der Waals surface area contributed by atoms with Crippen LogP contribution in [0.5, 0.6) is 5.75 Å². The van der Waals surface area contributed by atoms with E-state index < -0.39 is 27.4 Å². The van der Waals surface area contributed by atoms with Gasteiger partial charge in [-0.05, 0) is 44.2 Å². The third-order valence-corrected chi connectivity index (χ3v) is 6.21. The summed E-state index contributed by atoms with van der Waals surface area (Å²) >= 11 is 0. The first-order valence-corrected chi connectivity index (χ1v) is 10.7. The average Bonchev–Trinajstić information content (AvgIpc) is 2.72. The monoisotopic (exact) mass is 451 g/mol. The molecule has 0 heterocycles. The van der Waals surface area contributed by atoms with Crippen LogP contribution in [0.4, 0.5) is 11.4 Å². The summed E-state index contributed by atoms with van der Waals surface area (Å²) in [6.45, 7) is 2.97. The molecule has 0 aliphatic heterocycles. The predicted octanol–water partition coefficient (Wildman–Crippen LogP) is 2.26. The molecule has 31 heavy (non-hydrogen) atoms. The van der Waals surface area contributed by atoms with Crippen LogP contribution in [0.1, 0.15) is 12.5 Å². The van der Waals surface area contributed by atoms with Gasteiger partial charge in [0.15, 0.2) is 0 Å². The number of methoxy groups -OCH3 is 2. The maximum absolute atomic E-state index is 13.4. The highest BCUT2D eigenvalue weighted by atomic mass is 32.2. The topological polar surface area (TPSA) is 128 Å². The Balaban J connectivity index is 2.48. The molecule has 0 saturated heterocycles. The molecule has 10 nitrogen and oxygen atoms in total. The van der Waals surface area contributed by atoms with E-state index in [2.05, 4.69) is 5.32 Å². The Hall–Kier alpha value is -3.18. The van der Waals surface area contributed by atoms with Gasteiger partial charge in [0.25, 0.3) is 15.7 Å². The standard InChI is InChI=1S/C20H25N3O7S/c1-14-5-10-18(11-19(14)23(25)26)31(27,28)22(12-20(24)21-15(2)13-29-3)16-6-8-17(30-4)9-7-16/h5-11,15H,12-13H2,1-4H3,(H,21,24)/t15-/m1/s1. The molecule has 0 saturated carbocycles. The average molecular weight is 452 g/mol. The molecule has 2 aromatic rings. The Bertz CT molecular complexity index is 1040. The Kier molecular flexibility index (Phi) is 7.95. The number of aryl methyl sites for hydroxylation is 1. The zero-order valence-corrected chi connectivity index (χ0v) is 18.5. The van der Waals surface area contributed by atoms with E-state index >= 15 is 0 Å². The molecule has 0 spiro atoms. The zero-order valence-electron chi connectivity index (χ0n) is 17.7. The maximum Gasteiger partial charge on any atom is 0.273 e. The fraction of sp³-hybridized carbons (Fsp3) is 0.350. The van der Waals surface area contributed by atoms with Crippen molar-refractivity contribution in [2.24, 2.45) is 0 Å². The van der Waals surface area contributed by atoms with Crippen molar-refractivity contribution >= 4 is 27.3 Å². The van der Waals surface area contributed by atoms with Crippen LogP contribution in [0.2, 0.25) is 0 Å². The molecule has 1 N–H and O–H groups in total. The summed E-state index contributed by atoms with van der Waals surface area (Å²) in [6, 6.07) is 9.39. The summed E-state index contributed by atoms with van der Waals surface area (Å²) in [6.07, 6.45) is 0. The van der Waals surface area contributed by atoms with Gasteiger partial charge in [0.1, 0.15) is 12.3 Å². The number of carbonyl (C=O) groups excluding carboxylic acids is 1. The molecule has 2 rings (SSSR count). The number of hydrogen-bond acceptors (Lipinski definition) is 7. The van der Waals surface area contributed by atoms with Gasteiger partial charge in [0.2, 0.25) is 5.91 Å². The first kappa shape index (κ1) is 24.1. The first-order valence-electron chi connectivity index (χ1n) is 9.30. The van der Waals surface area contributed by atoms with Crippen LogP contribution in [0.3, 0.4) is 0 Å². The lowest BCUT2D eigenvalue weighted by atomic mass is 10.2. The van der Waals surface area contributed by atoms with Gasteiger partial charge >= 0.3 is 0 Å². The van der Waals surface area contributed by atoms with Crippen LogP contribution >= 0.6 is 0 Å². The van der Waals surface area contributed by atoms with E-state index in [-0.39, 0.29) is 28.9 Å². The molecule has 168 valence electrons. The minimum absolute atomic E-state index is 0.207. The van der Waals surface area contributed by atoms with Gasteiger partial charge in [0, 0.05) is 24.8 Å². The number of ether oxygens (including phenoxy) is 2. The smallest absolute Gasteiger partial charge is 0.273 e. The number of anilines is 1. The Morgan fingerprint density at radius 1 is 1.19 bits per heavy atom. The summed E-state index contributed by atoms with van der Waals surface area (Å²) in [5, 5.41) is 13.9. The van der Waals surface area contributed by atoms with Gasteiger partial charge in [0.05, 0.1) is 29.2 Å². The minimum Gasteiger partial charge on any atom is -0.497 e. The van der Waals surface area contributed by atoms with E-state index in [1.165, 1.54) is 45.4 Å². The molecule has 0 aliphatic carbocycles. The second kappa shape index (κ2) is 10.2. The maximum atomic E-state index is 13.4. The summed E-state index contributed by atoms with van der Waals surface area (Å²) in [4.78, 5) is 22.9. The first-order chi connectivity index (χ1) is 14.6. The molecular formula is C20H25N3O7S. The van der Waals surface area contributed by atoms with E-state index in [1.807, 2.05) is 0 Å². The lowest BCUT2D eigenvalue weighted by molar-refractivity contribution is -0.385. The molecule has 11 heteroatoms. The number of rotatable bonds is 10. The van der Waals surface area contributed by atoms with Crippen molar-refractivity contribution in [1.29, 1.82) is 0 Å². The highest BCUT2D eigenvalue weighted by Crippen LogP contribution is 2.29. The molecule has 1 atom stereocenters. The quantitative estimate of drug-likeness (QED) is 0.433. The summed E-state index contributed by atoms with van der Waals surface area (Å²) in [5.41, 5.74) is 0.207. The van der Waals surface area contributed by atoms with Crippen LogP contribution in [-0.4, -0.2) is 52.7 Å². The van der Waals surface area contributed by atoms with Gasteiger partial charge in [-0.2, -0.15) is 0 Å². The number of hydrogen-bond donors (Lipinski definition) is 1. The molecule has 0 aliphatic rings. The van der Waals surface area contributed by atoms with Crippen molar-refractivity contribution in [2.75, 3.05) is 31.7 Å². The number of benzene rings is 2. The van der Waals surface area contributed by atoms with E-state index in [1.54, 1.807) is 19.1 Å². The Morgan fingerprint density at radius 3 is 2.39 bits per heavy atom. The second-order valence-corrected chi connectivity index (χ2v) is 8.70. The van der Waals surface area contributed by atoms with E-state index in [0.29, 0.717) is 11.3 Å².